The minimum atomic E-state index is -1.03. The summed E-state index contributed by atoms with van der Waals surface area (Å²) in [6.07, 6.45) is -0.847. The molecule has 0 spiro atoms. The number of hydrogen-bond donors (Lipinski definition) is 4. The molecule has 1 fully saturated rings. The van der Waals surface area contributed by atoms with Gasteiger partial charge in [-0.1, -0.05) is 36.4 Å². The Labute approximate surface area is 236 Å². The Morgan fingerprint density at radius 3 is 2.33 bits per heavy atom. The van der Waals surface area contributed by atoms with Gasteiger partial charge in [-0.25, -0.2) is 0 Å². The van der Waals surface area contributed by atoms with Gasteiger partial charge in [-0.15, -0.1) is 11.8 Å². The average molecular weight is 565 g/mol. The van der Waals surface area contributed by atoms with Crippen LogP contribution < -0.4 is 10.6 Å². The number of hydrogen-bond acceptors (Lipinski definition) is 7. The fraction of sp³-hybridized carbons (Fsp3) is 0.300. The summed E-state index contributed by atoms with van der Waals surface area (Å²) < 4.78 is 12.8. The van der Waals surface area contributed by atoms with Gasteiger partial charge in [-0.3, -0.25) is 14.4 Å². The molecule has 0 aromatic heterocycles. The minimum absolute atomic E-state index is 0.0392. The molecule has 0 radical (unpaired) electrons. The van der Waals surface area contributed by atoms with Crippen molar-refractivity contribution in [3.8, 4) is 0 Å². The van der Waals surface area contributed by atoms with E-state index < -0.39 is 12.3 Å². The minimum Gasteiger partial charge on any atom is -0.481 e. The predicted molar refractivity (Wildman–Crippen MR) is 152 cm³/mol. The van der Waals surface area contributed by atoms with E-state index in [1.807, 2.05) is 54.6 Å². The van der Waals surface area contributed by atoms with Gasteiger partial charge in [0.2, 0.25) is 11.8 Å². The molecule has 4 rings (SSSR count). The van der Waals surface area contributed by atoms with Gasteiger partial charge >= 0.3 is 5.97 Å². The first-order valence-electron chi connectivity index (χ1n) is 12.9. The van der Waals surface area contributed by atoms with Crippen molar-refractivity contribution in [3.05, 3.63) is 89.5 Å². The zero-order valence-corrected chi connectivity index (χ0v) is 22.9. The Hall–Kier alpha value is -3.70. The van der Waals surface area contributed by atoms with Gasteiger partial charge in [-0.05, 0) is 47.5 Å². The summed E-state index contributed by atoms with van der Waals surface area (Å²) in [5.41, 5.74) is 3.77. The largest absolute Gasteiger partial charge is 0.481 e. The van der Waals surface area contributed by atoms with Crippen LogP contribution >= 0.6 is 11.8 Å². The van der Waals surface area contributed by atoms with Crippen LogP contribution in [0.2, 0.25) is 0 Å². The van der Waals surface area contributed by atoms with Crippen LogP contribution in [0.5, 0.6) is 0 Å². The highest BCUT2D eigenvalue weighted by Gasteiger charge is 2.32. The second-order valence-corrected chi connectivity index (χ2v) is 10.5. The first-order chi connectivity index (χ1) is 19.3. The number of benzene rings is 3. The molecule has 40 heavy (non-hydrogen) atoms. The van der Waals surface area contributed by atoms with E-state index in [2.05, 4.69) is 10.6 Å². The molecule has 2 amide bonds. The highest BCUT2D eigenvalue weighted by atomic mass is 32.2. The van der Waals surface area contributed by atoms with Crippen molar-refractivity contribution in [3.63, 3.8) is 0 Å². The van der Waals surface area contributed by atoms with Crippen molar-refractivity contribution in [1.29, 1.82) is 0 Å². The van der Waals surface area contributed by atoms with Crippen LogP contribution in [-0.2, 0) is 30.5 Å². The zero-order chi connectivity index (χ0) is 28.5. The van der Waals surface area contributed by atoms with E-state index >= 15 is 0 Å². The van der Waals surface area contributed by atoms with Gasteiger partial charge < -0.3 is 30.3 Å². The molecule has 4 N–H and O–H groups in total. The number of rotatable bonds is 11. The van der Waals surface area contributed by atoms with Crippen LogP contribution in [0.3, 0.4) is 0 Å². The molecule has 3 aromatic rings. The molecular weight excluding hydrogens is 532 g/mol. The third-order valence-corrected chi connectivity index (χ3v) is 7.38. The van der Waals surface area contributed by atoms with Crippen LogP contribution in [0.25, 0.3) is 0 Å². The molecule has 0 unspecified atom stereocenters. The van der Waals surface area contributed by atoms with E-state index in [4.69, 9.17) is 14.6 Å². The molecule has 1 saturated heterocycles. The maximum atomic E-state index is 12.2. The van der Waals surface area contributed by atoms with Crippen molar-refractivity contribution in [2.45, 2.75) is 56.2 Å². The van der Waals surface area contributed by atoms with Crippen molar-refractivity contribution < 1.29 is 34.1 Å². The fourth-order valence-electron chi connectivity index (χ4n) is 4.26. The smallest absolute Gasteiger partial charge is 0.303 e. The maximum absolute atomic E-state index is 12.2. The number of aliphatic hydroxyl groups is 1. The second-order valence-electron chi connectivity index (χ2n) is 9.43. The number of carboxylic acids is 1. The van der Waals surface area contributed by atoms with Crippen molar-refractivity contribution in [2.75, 3.05) is 16.4 Å². The number of thioether (sulfide) groups is 1. The summed E-state index contributed by atoms with van der Waals surface area (Å²) in [7, 11) is 0. The van der Waals surface area contributed by atoms with E-state index in [1.54, 1.807) is 30.0 Å². The first-order valence-corrected chi connectivity index (χ1v) is 13.9. The number of anilines is 2. The summed E-state index contributed by atoms with van der Waals surface area (Å²) in [6.45, 7) is 1.43. The molecule has 3 aromatic carbocycles. The molecule has 3 atom stereocenters. The quantitative estimate of drug-likeness (QED) is 0.231. The highest BCUT2D eigenvalue weighted by molar-refractivity contribution is 7.99. The molecule has 210 valence electrons. The first kappa shape index (κ1) is 29.3. The third-order valence-electron chi connectivity index (χ3n) is 6.23. The fourth-order valence-corrected chi connectivity index (χ4v) is 5.18. The number of aliphatic carboxylic acids is 1. The van der Waals surface area contributed by atoms with Crippen LogP contribution in [-0.4, -0.2) is 39.9 Å². The summed E-state index contributed by atoms with van der Waals surface area (Å²) in [5.74, 6) is -0.871. The molecule has 1 aliphatic rings. The van der Waals surface area contributed by atoms with Gasteiger partial charge in [0.25, 0.3) is 0 Å². The number of aliphatic hydroxyl groups excluding tert-OH is 1. The number of carbonyl (C=O) groups excluding carboxylic acids is 2. The molecule has 10 heteroatoms. The van der Waals surface area contributed by atoms with Crippen LogP contribution in [0, 0.1) is 0 Å². The lowest BCUT2D eigenvalue weighted by molar-refractivity contribution is -0.245. The van der Waals surface area contributed by atoms with E-state index in [1.165, 1.54) is 6.92 Å². The van der Waals surface area contributed by atoms with Crippen LogP contribution in [0.4, 0.5) is 11.4 Å². The van der Waals surface area contributed by atoms with E-state index in [0.29, 0.717) is 17.9 Å². The Kier molecular flexibility index (Phi) is 10.3. The lowest BCUT2D eigenvalue weighted by atomic mass is 10.0. The van der Waals surface area contributed by atoms with Gasteiger partial charge in [0.1, 0.15) is 0 Å². The number of nitrogens with one attached hydrogen (secondary N) is 2. The van der Waals surface area contributed by atoms with Gasteiger partial charge in [0.05, 0.1) is 25.2 Å². The SMILES string of the molecule is CC(=O)Nc1ccc(SC[C@H]2C[C@@H](c3ccc(CO)cc3)O[C@@H](c3cccc(NC(=O)CCC(=O)O)c3)O2)cc1. The normalized spacial score (nSPS) is 18.6. The molecule has 1 heterocycles. The monoisotopic (exact) mass is 564 g/mol. The molecular formula is C30H32N2O7S. The summed E-state index contributed by atoms with van der Waals surface area (Å²) in [6, 6.07) is 22.4. The van der Waals surface area contributed by atoms with Crippen molar-refractivity contribution in [1.82, 2.24) is 0 Å². The Balaban J connectivity index is 1.48. The molecule has 1 aliphatic heterocycles. The number of amides is 2. The lowest BCUT2D eigenvalue weighted by Gasteiger charge is -2.36. The van der Waals surface area contributed by atoms with Crippen LogP contribution in [0.15, 0.2) is 77.7 Å². The van der Waals surface area contributed by atoms with Crippen LogP contribution in [0.1, 0.15) is 55.3 Å². The van der Waals surface area contributed by atoms with E-state index in [-0.39, 0.29) is 43.5 Å². The average Bonchev–Trinajstić information content (AvgIpc) is 2.95. The maximum Gasteiger partial charge on any atom is 0.303 e. The Morgan fingerprint density at radius 2 is 1.65 bits per heavy atom. The zero-order valence-electron chi connectivity index (χ0n) is 22.0. The van der Waals surface area contributed by atoms with Gasteiger partial charge in [0.15, 0.2) is 6.29 Å². The van der Waals surface area contributed by atoms with Crippen molar-refractivity contribution >= 4 is 40.9 Å². The standard InChI is InChI=1S/C30H32N2O7S/c1-19(34)31-23-9-11-26(12-10-23)40-18-25-16-27(21-7-5-20(17-33)6-8-21)39-30(38-25)22-3-2-4-24(15-22)32-28(35)13-14-29(36)37/h2-12,15,25,27,30,33H,13-14,16-18H2,1H3,(H,31,34)(H,32,35)(H,36,37)/t25-,27+,30+/m1/s1. The highest BCUT2D eigenvalue weighted by Crippen LogP contribution is 2.40. The van der Waals surface area contributed by atoms with Gasteiger partial charge in [-0.2, -0.15) is 0 Å². The number of ether oxygens (including phenoxy) is 2. The third kappa shape index (κ3) is 8.65. The molecule has 0 saturated carbocycles. The van der Waals surface area contributed by atoms with E-state index in [9.17, 15) is 19.5 Å². The summed E-state index contributed by atoms with van der Waals surface area (Å²) >= 11 is 1.64. The Bertz CT molecular complexity index is 1310. The summed E-state index contributed by atoms with van der Waals surface area (Å²) in [4.78, 5) is 35.3. The molecule has 0 bridgehead atoms. The topological polar surface area (TPSA) is 134 Å². The number of carboxylic acid groups (broad SMARTS) is 1. The lowest BCUT2D eigenvalue weighted by Crippen LogP contribution is -2.31. The molecule has 9 nitrogen and oxygen atoms in total. The number of carbonyl (C=O) groups is 3. The molecule has 0 aliphatic carbocycles. The summed E-state index contributed by atoms with van der Waals surface area (Å²) in [5, 5.41) is 23.8. The van der Waals surface area contributed by atoms with E-state index in [0.717, 1.165) is 27.3 Å². The second kappa shape index (κ2) is 14.1. The predicted octanol–water partition coefficient (Wildman–Crippen LogP) is 5.28. The van der Waals surface area contributed by atoms with Crippen molar-refractivity contribution in [2.24, 2.45) is 0 Å². The Morgan fingerprint density at radius 1 is 0.900 bits per heavy atom. The van der Waals surface area contributed by atoms with Gasteiger partial charge in [0, 0.05) is 47.4 Å².